The summed E-state index contributed by atoms with van der Waals surface area (Å²) in [4.78, 5) is 73.6. The second-order valence-corrected chi connectivity index (χ2v) is 24.5. The van der Waals surface area contributed by atoms with Gasteiger partial charge in [-0.25, -0.2) is 19.6 Å². The minimum absolute atomic E-state index is 0.0333. The molecule has 0 radical (unpaired) electrons. The zero-order valence-electron chi connectivity index (χ0n) is 61.8. The van der Waals surface area contributed by atoms with Crippen LogP contribution in [0, 0.1) is 0 Å². The fourth-order valence-electron chi connectivity index (χ4n) is 10.6. The van der Waals surface area contributed by atoms with E-state index in [1.165, 1.54) is 25.3 Å². The molecule has 6 atom stereocenters. The quantitative estimate of drug-likeness (QED) is 0.0197. The van der Waals surface area contributed by atoms with Crippen LogP contribution in [0.5, 0.6) is 5.75 Å². The van der Waals surface area contributed by atoms with E-state index in [-0.39, 0.29) is 62.3 Å². The summed E-state index contributed by atoms with van der Waals surface area (Å²) >= 11 is 0. The lowest BCUT2D eigenvalue weighted by molar-refractivity contribution is -0.277. The van der Waals surface area contributed by atoms with Crippen LogP contribution in [0.1, 0.15) is 84.7 Å². The summed E-state index contributed by atoms with van der Waals surface area (Å²) in [5.74, 6) is -0.711. The van der Waals surface area contributed by atoms with Crippen LogP contribution in [0.15, 0.2) is 60.7 Å². The van der Waals surface area contributed by atoms with Crippen LogP contribution in [0.2, 0.25) is 0 Å². The number of unbranched alkanes of at least 4 members (excludes halogenated alkanes) is 2. The van der Waals surface area contributed by atoms with Gasteiger partial charge < -0.3 is 134 Å². The van der Waals surface area contributed by atoms with Gasteiger partial charge in [-0.2, -0.15) is 0 Å². The average molecular weight is 1510 g/mol. The Morgan fingerprint density at radius 2 is 1.14 bits per heavy atom. The highest BCUT2D eigenvalue weighted by Crippen LogP contribution is 2.33. The summed E-state index contributed by atoms with van der Waals surface area (Å²) in [7, 11) is 2.95. The van der Waals surface area contributed by atoms with Crippen molar-refractivity contribution in [2.75, 3.05) is 197 Å². The van der Waals surface area contributed by atoms with Crippen molar-refractivity contribution in [3.8, 4) is 5.75 Å². The number of hydrogen-bond donors (Lipinski definition) is 10. The Morgan fingerprint density at radius 3 is 1.69 bits per heavy atom. The average Bonchev–Trinajstić information content (AvgIpc) is 1.62. The number of aliphatic hydroxyl groups is 4. The summed E-state index contributed by atoms with van der Waals surface area (Å²) in [6.07, 6.45) is -4.89. The number of aliphatic hydroxyl groups excluding tert-OH is 4. The van der Waals surface area contributed by atoms with Crippen molar-refractivity contribution in [3.63, 3.8) is 0 Å². The molecule has 0 spiro atoms. The number of nitrogens with one attached hydrogen (secondary N) is 4. The number of aryl methyl sites for hydroxylation is 1. The zero-order chi connectivity index (χ0) is 76.6. The van der Waals surface area contributed by atoms with Crippen molar-refractivity contribution in [2.45, 2.75) is 115 Å². The van der Waals surface area contributed by atoms with E-state index < -0.39 is 67.2 Å². The van der Waals surface area contributed by atoms with Crippen molar-refractivity contribution < 1.29 is 120 Å². The molecular formula is C73H111N9O25. The van der Waals surface area contributed by atoms with E-state index >= 15 is 0 Å². The Hall–Kier alpha value is -7.43. The molecule has 1 saturated heterocycles. The summed E-state index contributed by atoms with van der Waals surface area (Å²) < 4.78 is 89.2. The molecule has 1 aliphatic heterocycles. The number of methoxy groups -OCH3 is 2. The Balaban J connectivity index is 0.780. The Morgan fingerprint density at radius 1 is 0.589 bits per heavy atom. The summed E-state index contributed by atoms with van der Waals surface area (Å²) in [5.41, 5.74) is 17.0. The molecule has 0 bridgehead atoms. The fraction of sp³-hybridized carbons (Fsp3) is 0.630. The second-order valence-electron chi connectivity index (χ2n) is 24.5. The minimum atomic E-state index is -1.77. The number of imidazole rings is 1. The number of carbonyl (C=O) groups is 5. The molecule has 5 aromatic rings. The number of aromatic nitrogens is 3. The Labute approximate surface area is 623 Å². The molecule has 4 amide bonds. The van der Waals surface area contributed by atoms with Crippen LogP contribution >= 0.6 is 0 Å². The van der Waals surface area contributed by atoms with Gasteiger partial charge in [0.15, 0.2) is 5.82 Å². The fourth-order valence-corrected chi connectivity index (χ4v) is 10.6. The third kappa shape index (κ3) is 33.5. The highest BCUT2D eigenvalue weighted by molar-refractivity contribution is 6.08. The van der Waals surface area contributed by atoms with Gasteiger partial charge in [-0.05, 0) is 72.7 Å². The molecule has 0 unspecified atom stereocenters. The van der Waals surface area contributed by atoms with Gasteiger partial charge in [-0.1, -0.05) is 43.7 Å². The number of amides is 4. The van der Waals surface area contributed by atoms with Crippen LogP contribution in [-0.2, 0) is 112 Å². The van der Waals surface area contributed by atoms with E-state index in [0.29, 0.717) is 206 Å². The SMILES string of the molecule is CCCCc1nc2c(N)nc3cc(C(=O)OC)ccc3c2n1Cc1ccc(CNC(=O)OCc2ccc(O[C@H]3O[C@H](CO)[C@@H](O)[C@H](O)[C@@H]3O)c(NC(=O)CCNC(=O)[C@@H](N)CCCCNC(=O)CCOCCOCCOCCOCCOCCOCCOCCOCCOCCOCCOCCOC)c2)cc1. The van der Waals surface area contributed by atoms with E-state index in [9.17, 15) is 44.4 Å². The summed E-state index contributed by atoms with van der Waals surface area (Å²) in [5, 5.41) is 53.0. The molecule has 0 aliphatic carbocycles. The molecule has 34 nitrogen and oxygen atoms in total. The summed E-state index contributed by atoms with van der Waals surface area (Å²) in [6, 6.07) is 16.3. The van der Waals surface area contributed by atoms with Crippen molar-refractivity contribution in [3.05, 3.63) is 88.7 Å². The lowest BCUT2D eigenvalue weighted by Crippen LogP contribution is -2.60. The molecule has 34 heteroatoms. The van der Waals surface area contributed by atoms with Gasteiger partial charge in [0, 0.05) is 57.9 Å². The second kappa shape index (κ2) is 52.6. The van der Waals surface area contributed by atoms with Crippen LogP contribution < -0.4 is 37.5 Å². The maximum atomic E-state index is 13.4. The number of fused-ring (bicyclic) bond motifs is 3. The number of hydrogen-bond acceptors (Lipinski definition) is 29. The molecule has 12 N–H and O–H groups in total. The third-order valence-corrected chi connectivity index (χ3v) is 16.4. The summed E-state index contributed by atoms with van der Waals surface area (Å²) in [6.45, 7) is 12.2. The molecular weight excluding hydrogens is 1400 g/mol. The monoisotopic (exact) mass is 1510 g/mol. The number of alkyl carbamates (subject to hydrolysis) is 1. The first kappa shape index (κ1) is 88.5. The number of esters is 1. The molecule has 3 aromatic carbocycles. The first-order chi connectivity index (χ1) is 52.1. The van der Waals surface area contributed by atoms with Crippen molar-refractivity contribution in [1.82, 2.24) is 30.5 Å². The molecule has 6 rings (SSSR count). The maximum absolute atomic E-state index is 13.4. The first-order valence-corrected chi connectivity index (χ1v) is 36.3. The Kier molecular flexibility index (Phi) is 43.5. The first-order valence-electron chi connectivity index (χ1n) is 36.3. The lowest BCUT2D eigenvalue weighted by Gasteiger charge is -2.39. The largest absolute Gasteiger partial charge is 0.465 e. The van der Waals surface area contributed by atoms with Gasteiger partial charge in [-0.3, -0.25) is 14.4 Å². The van der Waals surface area contributed by atoms with E-state index in [4.69, 9.17) is 92.2 Å². The molecule has 0 saturated carbocycles. The van der Waals surface area contributed by atoms with Gasteiger partial charge in [0.2, 0.25) is 24.0 Å². The van der Waals surface area contributed by atoms with Crippen molar-refractivity contribution in [2.24, 2.45) is 5.73 Å². The maximum Gasteiger partial charge on any atom is 0.407 e. The van der Waals surface area contributed by atoms with Gasteiger partial charge >= 0.3 is 12.1 Å². The molecule has 1 aliphatic rings. The number of anilines is 2. The van der Waals surface area contributed by atoms with Gasteiger partial charge in [-0.15, -0.1) is 0 Å². The molecule has 3 heterocycles. The number of nitrogen functional groups attached to an aromatic ring is 1. The van der Waals surface area contributed by atoms with Crippen molar-refractivity contribution >= 4 is 63.2 Å². The van der Waals surface area contributed by atoms with Crippen LogP contribution in [0.4, 0.5) is 16.3 Å². The topological polar surface area (TPSA) is 445 Å². The number of carbonyl (C=O) groups excluding carboxylic acids is 5. The van der Waals surface area contributed by atoms with Crippen LogP contribution in [0.25, 0.3) is 21.9 Å². The highest BCUT2D eigenvalue weighted by atomic mass is 16.7. The Bertz CT molecular complexity index is 3350. The normalized spacial score (nSPS) is 16.1. The zero-order valence-corrected chi connectivity index (χ0v) is 61.8. The van der Waals surface area contributed by atoms with Crippen LogP contribution in [-0.4, -0.2) is 287 Å². The lowest BCUT2D eigenvalue weighted by atomic mass is 9.99. The number of nitrogens with zero attached hydrogens (tertiary/aromatic N) is 3. The number of ether oxygens (including phenoxy) is 16. The molecule has 107 heavy (non-hydrogen) atoms. The number of benzene rings is 3. The molecule has 2 aromatic heterocycles. The number of rotatable bonds is 59. The standard InChI is InChI=1S/C73H111N9O25/c1-4-5-9-61-81-64-65(55-16-15-54(71(90)93-3)46-57(55)80-69(64)75)82(61)48-52-12-10-51(11-13-52)47-78-73(91)105-50-53-14-17-59(106-72-68(88)67(87)66(86)60(49-83)107-72)58(45-53)79-63(85)18-21-77-70(89)56(74)8-6-7-20-76-62(84)19-22-94-25-26-96-29-30-98-33-34-100-37-38-102-41-42-104-44-43-103-40-39-101-36-35-99-32-31-97-28-27-95-24-23-92-2/h10-17,45-46,56,60,66-68,72,83,86-88H,4-9,18-44,47-50,74H2,1-3H3,(H2,75,80)(H,76,84)(H,77,89)(H,78,91)(H,79,85)/t56-,60+,66+,67-,68-,72-/m0/s1. The van der Waals surface area contributed by atoms with Gasteiger partial charge in [0.25, 0.3) is 0 Å². The van der Waals surface area contributed by atoms with E-state index in [2.05, 4.69) is 37.7 Å². The third-order valence-electron chi connectivity index (χ3n) is 16.4. The van der Waals surface area contributed by atoms with E-state index in [1.54, 1.807) is 19.2 Å². The number of nitrogens with two attached hydrogens (primary N) is 2. The van der Waals surface area contributed by atoms with E-state index in [0.717, 1.165) is 40.7 Å². The molecule has 1 fully saturated rings. The highest BCUT2D eigenvalue weighted by Gasteiger charge is 2.45. The number of pyridine rings is 1. The predicted molar refractivity (Wildman–Crippen MR) is 389 cm³/mol. The van der Waals surface area contributed by atoms with Crippen LogP contribution in [0.3, 0.4) is 0 Å². The minimum Gasteiger partial charge on any atom is -0.465 e. The smallest absolute Gasteiger partial charge is 0.407 e. The van der Waals surface area contributed by atoms with Crippen molar-refractivity contribution in [1.29, 1.82) is 0 Å². The van der Waals surface area contributed by atoms with Gasteiger partial charge in [0.05, 0.1) is 194 Å². The molecule has 598 valence electrons. The predicted octanol–water partition coefficient (Wildman–Crippen LogP) is 2.23. The van der Waals surface area contributed by atoms with E-state index in [1.807, 2.05) is 30.3 Å². The van der Waals surface area contributed by atoms with Gasteiger partial charge in [0.1, 0.15) is 48.1 Å².